The van der Waals surface area contributed by atoms with Gasteiger partial charge in [0.15, 0.2) is 6.10 Å². The Kier molecular flexibility index (Phi) is 45.0. The van der Waals surface area contributed by atoms with Gasteiger partial charge in [0.2, 0.25) is 0 Å². The van der Waals surface area contributed by atoms with Gasteiger partial charge in [-0.3, -0.25) is 14.4 Å². The number of rotatable bonds is 43. The van der Waals surface area contributed by atoms with Crippen molar-refractivity contribution in [3.63, 3.8) is 0 Å². The Labute approximate surface area is 363 Å². The molecule has 0 N–H and O–H groups in total. The Morgan fingerprint density at radius 1 is 0.356 bits per heavy atom. The van der Waals surface area contributed by atoms with Gasteiger partial charge in [-0.15, -0.1) is 0 Å². The van der Waals surface area contributed by atoms with Gasteiger partial charge >= 0.3 is 17.9 Å². The van der Waals surface area contributed by atoms with E-state index in [1.807, 2.05) is 12.2 Å². The second-order valence-electron chi connectivity index (χ2n) is 16.0. The van der Waals surface area contributed by atoms with Gasteiger partial charge in [-0.25, -0.2) is 0 Å². The van der Waals surface area contributed by atoms with E-state index < -0.39 is 6.10 Å². The van der Waals surface area contributed by atoms with Crippen LogP contribution in [0, 0.1) is 0 Å². The predicted octanol–water partition coefficient (Wildman–Crippen LogP) is 15.9. The van der Waals surface area contributed by atoms with E-state index in [1.165, 1.54) is 109 Å². The van der Waals surface area contributed by atoms with Gasteiger partial charge in [0.25, 0.3) is 0 Å². The third-order valence-corrected chi connectivity index (χ3v) is 10.2. The summed E-state index contributed by atoms with van der Waals surface area (Å²) in [7, 11) is 0. The summed E-state index contributed by atoms with van der Waals surface area (Å²) in [4.78, 5) is 37.8. The Balaban J connectivity index is 4.48. The van der Waals surface area contributed by atoms with E-state index in [0.717, 1.165) is 70.6 Å². The largest absolute Gasteiger partial charge is 0.462 e. The number of esters is 3. The van der Waals surface area contributed by atoms with E-state index in [1.54, 1.807) is 0 Å². The first-order valence-corrected chi connectivity index (χ1v) is 24.4. The average molecular weight is 823 g/mol. The van der Waals surface area contributed by atoms with Crippen molar-refractivity contribution in [1.29, 1.82) is 0 Å². The van der Waals surface area contributed by atoms with Crippen molar-refractivity contribution in [1.82, 2.24) is 0 Å². The van der Waals surface area contributed by atoms with Crippen LogP contribution >= 0.6 is 0 Å². The summed E-state index contributed by atoms with van der Waals surface area (Å²) >= 11 is 0. The minimum absolute atomic E-state index is 0.0988. The number of carbonyl (C=O) groups is 3. The summed E-state index contributed by atoms with van der Waals surface area (Å²) in [5, 5.41) is 0. The molecule has 6 nitrogen and oxygen atoms in total. The molecule has 0 saturated heterocycles. The molecule has 0 saturated carbocycles. The van der Waals surface area contributed by atoms with Crippen LogP contribution in [-0.2, 0) is 28.6 Å². The quantitative estimate of drug-likeness (QED) is 0.0264. The third-order valence-electron chi connectivity index (χ3n) is 10.2. The molecule has 59 heavy (non-hydrogen) atoms. The van der Waals surface area contributed by atoms with Gasteiger partial charge < -0.3 is 14.2 Å². The summed E-state index contributed by atoms with van der Waals surface area (Å²) in [6.07, 6.45) is 58.9. The lowest BCUT2D eigenvalue weighted by Crippen LogP contribution is -2.30. The van der Waals surface area contributed by atoms with Crippen molar-refractivity contribution in [3.8, 4) is 0 Å². The topological polar surface area (TPSA) is 78.9 Å². The number of allylic oxidation sites excluding steroid dienone is 12. The zero-order chi connectivity index (χ0) is 43.0. The van der Waals surface area contributed by atoms with Crippen LogP contribution in [0.3, 0.4) is 0 Å². The van der Waals surface area contributed by atoms with Crippen molar-refractivity contribution < 1.29 is 28.6 Å². The van der Waals surface area contributed by atoms with Gasteiger partial charge in [0.1, 0.15) is 13.2 Å². The van der Waals surface area contributed by atoms with Crippen LogP contribution in [0.2, 0.25) is 0 Å². The maximum atomic E-state index is 12.8. The highest BCUT2D eigenvalue weighted by Gasteiger charge is 2.19. The smallest absolute Gasteiger partial charge is 0.306 e. The van der Waals surface area contributed by atoms with Gasteiger partial charge in [0.05, 0.1) is 0 Å². The lowest BCUT2D eigenvalue weighted by atomic mass is 10.1. The van der Waals surface area contributed by atoms with Crippen molar-refractivity contribution in [2.24, 2.45) is 0 Å². The lowest BCUT2D eigenvalue weighted by Gasteiger charge is -2.18. The molecule has 0 aliphatic rings. The Morgan fingerprint density at radius 3 is 1.15 bits per heavy atom. The molecule has 6 heteroatoms. The zero-order valence-corrected chi connectivity index (χ0v) is 38.5. The Bertz CT molecular complexity index is 1130. The Morgan fingerprint density at radius 2 is 0.695 bits per heavy atom. The van der Waals surface area contributed by atoms with Crippen molar-refractivity contribution >= 4 is 17.9 Å². The van der Waals surface area contributed by atoms with E-state index in [0.29, 0.717) is 19.3 Å². The van der Waals surface area contributed by atoms with Crippen LogP contribution in [-0.4, -0.2) is 37.2 Å². The molecule has 338 valence electrons. The number of ether oxygens (including phenoxy) is 3. The molecule has 0 radical (unpaired) electrons. The van der Waals surface area contributed by atoms with Crippen molar-refractivity contribution in [2.75, 3.05) is 13.2 Å². The fourth-order valence-electron chi connectivity index (χ4n) is 6.54. The fraction of sp³-hybridized carbons (Fsp3) is 0.717. The van der Waals surface area contributed by atoms with Crippen molar-refractivity contribution in [2.45, 2.75) is 232 Å². The molecule has 0 spiro atoms. The minimum atomic E-state index is -0.804. The zero-order valence-electron chi connectivity index (χ0n) is 38.5. The molecule has 0 bridgehead atoms. The summed E-state index contributed by atoms with van der Waals surface area (Å²) in [6.45, 7) is 6.42. The Hall–Kier alpha value is -3.15. The third kappa shape index (κ3) is 45.8. The molecule has 0 aromatic heterocycles. The van der Waals surface area contributed by atoms with Crippen LogP contribution in [0.25, 0.3) is 0 Å². The maximum absolute atomic E-state index is 12.8. The van der Waals surface area contributed by atoms with Crippen molar-refractivity contribution in [3.05, 3.63) is 72.9 Å². The molecule has 0 aromatic rings. The van der Waals surface area contributed by atoms with E-state index in [9.17, 15) is 14.4 Å². The minimum Gasteiger partial charge on any atom is -0.462 e. The van der Waals surface area contributed by atoms with Gasteiger partial charge in [-0.05, 0) is 77.0 Å². The SMILES string of the molecule is CC/C=C\C/C=C\C/C=C\C/C=C\C/C=C\CCC(=O)OCC(COC(=O)CCCCCCCCCCCC)OC(=O)CCCCCCCCC/C=C\CCCCCC. The van der Waals surface area contributed by atoms with Gasteiger partial charge in [0, 0.05) is 19.3 Å². The monoisotopic (exact) mass is 823 g/mol. The van der Waals surface area contributed by atoms with E-state index >= 15 is 0 Å². The highest BCUT2D eigenvalue weighted by Crippen LogP contribution is 2.14. The molecule has 0 aliphatic heterocycles. The molecule has 1 atom stereocenters. The second kappa shape index (κ2) is 47.5. The van der Waals surface area contributed by atoms with E-state index in [4.69, 9.17) is 14.2 Å². The van der Waals surface area contributed by atoms with Crippen LogP contribution < -0.4 is 0 Å². The predicted molar refractivity (Wildman–Crippen MR) is 251 cm³/mol. The molecule has 0 heterocycles. The van der Waals surface area contributed by atoms with Crippen LogP contribution in [0.5, 0.6) is 0 Å². The first-order valence-electron chi connectivity index (χ1n) is 24.4. The number of hydrogen-bond acceptors (Lipinski definition) is 6. The molecular formula is C53H90O6. The molecule has 0 aliphatic carbocycles. The molecule has 0 rings (SSSR count). The first kappa shape index (κ1) is 55.9. The van der Waals surface area contributed by atoms with Gasteiger partial charge in [-0.2, -0.15) is 0 Å². The fourth-order valence-corrected chi connectivity index (χ4v) is 6.54. The molecule has 1 unspecified atom stereocenters. The molecule has 0 amide bonds. The maximum Gasteiger partial charge on any atom is 0.306 e. The highest BCUT2D eigenvalue weighted by molar-refractivity contribution is 5.71. The van der Waals surface area contributed by atoms with E-state index in [-0.39, 0.29) is 37.5 Å². The second-order valence-corrected chi connectivity index (χ2v) is 16.0. The normalized spacial score (nSPS) is 12.7. The number of hydrogen-bond donors (Lipinski definition) is 0. The highest BCUT2D eigenvalue weighted by atomic mass is 16.6. The first-order chi connectivity index (χ1) is 29.0. The molecule has 0 fully saturated rings. The van der Waals surface area contributed by atoms with Gasteiger partial charge in [-0.1, -0.05) is 203 Å². The number of carbonyl (C=O) groups excluding carboxylic acids is 3. The summed E-state index contributed by atoms with van der Waals surface area (Å²) < 4.78 is 16.7. The van der Waals surface area contributed by atoms with E-state index in [2.05, 4.69) is 81.5 Å². The van der Waals surface area contributed by atoms with Crippen LogP contribution in [0.15, 0.2) is 72.9 Å². The van der Waals surface area contributed by atoms with Crippen LogP contribution in [0.1, 0.15) is 226 Å². The number of unbranched alkanes of at least 4 members (excludes halogenated alkanes) is 20. The summed E-state index contributed by atoms with van der Waals surface area (Å²) in [5.74, 6) is -0.993. The lowest BCUT2D eigenvalue weighted by molar-refractivity contribution is -0.166. The van der Waals surface area contributed by atoms with Crippen LogP contribution in [0.4, 0.5) is 0 Å². The standard InChI is InChI=1S/C53H90O6/c1-4-7-10-13-16-19-22-24-26-28-29-31-34-37-40-43-46-52(55)58-49-50(48-57-51(54)45-42-39-36-33-21-18-15-12-9-6-3)59-53(56)47-44-41-38-35-32-30-27-25-23-20-17-14-11-8-5-2/h7,10,16,19-20,23-24,26,29,31,37,40,50H,4-6,8-9,11-15,17-18,21-22,25,27-28,30,32-36,38-39,41-49H2,1-3H3/b10-7-,19-16-,23-20-,26-24-,31-29-,40-37-. The summed E-state index contributed by atoms with van der Waals surface area (Å²) in [6, 6.07) is 0. The molecular weight excluding hydrogens is 733 g/mol. The molecule has 0 aromatic carbocycles. The summed E-state index contributed by atoms with van der Waals surface area (Å²) in [5.41, 5.74) is 0. The average Bonchev–Trinajstić information content (AvgIpc) is 3.23.